The van der Waals surface area contributed by atoms with Crippen LogP contribution in [0, 0.1) is 6.92 Å². The number of carbonyl (C=O) groups is 1. The van der Waals surface area contributed by atoms with Crippen LogP contribution >= 0.6 is 15.9 Å². The molecule has 5 N–H and O–H groups in total. The number of amides is 1. The SMILES string of the molecule is Cc1c(N)cnc(NC(C)C(N)=O)c1Br. The highest BCUT2D eigenvalue weighted by Crippen LogP contribution is 2.27. The Hall–Kier alpha value is -1.30. The van der Waals surface area contributed by atoms with E-state index in [1.807, 2.05) is 6.92 Å². The van der Waals surface area contributed by atoms with Gasteiger partial charge in [0.2, 0.25) is 5.91 Å². The summed E-state index contributed by atoms with van der Waals surface area (Å²) in [6.45, 7) is 3.53. The van der Waals surface area contributed by atoms with Crippen molar-refractivity contribution in [1.82, 2.24) is 4.98 Å². The summed E-state index contributed by atoms with van der Waals surface area (Å²) in [5, 5.41) is 2.89. The lowest BCUT2D eigenvalue weighted by molar-refractivity contribution is -0.118. The minimum Gasteiger partial charge on any atom is -0.397 e. The Kier molecular flexibility index (Phi) is 3.52. The zero-order valence-corrected chi connectivity index (χ0v) is 10.1. The molecule has 0 spiro atoms. The molecule has 0 aliphatic rings. The molecule has 0 radical (unpaired) electrons. The van der Waals surface area contributed by atoms with Crippen molar-refractivity contribution in [3.8, 4) is 0 Å². The molecule has 0 aliphatic carbocycles. The van der Waals surface area contributed by atoms with Gasteiger partial charge in [-0.05, 0) is 35.3 Å². The summed E-state index contributed by atoms with van der Waals surface area (Å²) >= 11 is 3.35. The third kappa shape index (κ3) is 2.59. The number of primary amides is 1. The molecule has 1 aromatic rings. The molecule has 1 aromatic heterocycles. The van der Waals surface area contributed by atoms with Crippen molar-refractivity contribution < 1.29 is 4.79 Å². The maximum absolute atomic E-state index is 10.9. The predicted octanol–water partition coefficient (Wildman–Crippen LogP) is 1.02. The van der Waals surface area contributed by atoms with Crippen molar-refractivity contribution in [2.75, 3.05) is 11.1 Å². The summed E-state index contributed by atoms with van der Waals surface area (Å²) in [6.07, 6.45) is 1.54. The number of nitrogens with one attached hydrogen (secondary N) is 1. The summed E-state index contributed by atoms with van der Waals surface area (Å²) in [7, 11) is 0. The second-order valence-corrected chi connectivity index (χ2v) is 4.06. The molecular weight excluding hydrogens is 260 g/mol. The molecule has 0 fully saturated rings. The number of nitrogen functional groups attached to an aromatic ring is 1. The normalized spacial score (nSPS) is 12.2. The van der Waals surface area contributed by atoms with Crippen LogP contribution in [0.4, 0.5) is 11.5 Å². The highest BCUT2D eigenvalue weighted by atomic mass is 79.9. The molecule has 1 unspecified atom stereocenters. The van der Waals surface area contributed by atoms with E-state index >= 15 is 0 Å². The van der Waals surface area contributed by atoms with Crippen molar-refractivity contribution in [2.45, 2.75) is 19.9 Å². The van der Waals surface area contributed by atoms with Crippen LogP contribution in [0.25, 0.3) is 0 Å². The zero-order chi connectivity index (χ0) is 11.6. The molecule has 1 amide bonds. The van der Waals surface area contributed by atoms with E-state index in [1.165, 1.54) is 6.20 Å². The number of hydrogen-bond donors (Lipinski definition) is 3. The first kappa shape index (κ1) is 11.8. The highest BCUT2D eigenvalue weighted by molar-refractivity contribution is 9.10. The third-order valence-electron chi connectivity index (χ3n) is 2.08. The molecule has 1 atom stereocenters. The lowest BCUT2D eigenvalue weighted by Crippen LogP contribution is -2.32. The first-order valence-electron chi connectivity index (χ1n) is 4.40. The van der Waals surface area contributed by atoms with E-state index in [1.54, 1.807) is 6.92 Å². The Morgan fingerprint density at radius 2 is 2.27 bits per heavy atom. The van der Waals surface area contributed by atoms with Gasteiger partial charge < -0.3 is 16.8 Å². The monoisotopic (exact) mass is 272 g/mol. The van der Waals surface area contributed by atoms with Crippen molar-refractivity contribution in [3.63, 3.8) is 0 Å². The predicted molar refractivity (Wildman–Crippen MR) is 63.4 cm³/mol. The molecular formula is C9H13BrN4O. The molecule has 0 saturated carbocycles. The first-order valence-corrected chi connectivity index (χ1v) is 5.19. The molecule has 0 aromatic carbocycles. The van der Waals surface area contributed by atoms with E-state index in [0.717, 1.165) is 10.0 Å². The van der Waals surface area contributed by atoms with Crippen LogP contribution < -0.4 is 16.8 Å². The van der Waals surface area contributed by atoms with Crippen molar-refractivity contribution in [2.24, 2.45) is 5.73 Å². The van der Waals surface area contributed by atoms with Gasteiger partial charge in [0, 0.05) is 0 Å². The van der Waals surface area contributed by atoms with Crippen molar-refractivity contribution in [3.05, 3.63) is 16.2 Å². The van der Waals surface area contributed by atoms with Gasteiger partial charge in [-0.2, -0.15) is 0 Å². The molecule has 1 heterocycles. The number of halogens is 1. The van der Waals surface area contributed by atoms with Crippen LogP contribution in [0.1, 0.15) is 12.5 Å². The third-order valence-corrected chi connectivity index (χ3v) is 3.05. The van der Waals surface area contributed by atoms with Gasteiger partial charge >= 0.3 is 0 Å². The maximum Gasteiger partial charge on any atom is 0.239 e. The Bertz CT molecular complexity index is 394. The van der Waals surface area contributed by atoms with Gasteiger partial charge in [-0.3, -0.25) is 4.79 Å². The van der Waals surface area contributed by atoms with E-state index in [9.17, 15) is 4.79 Å². The molecule has 5 nitrogen and oxygen atoms in total. The second-order valence-electron chi connectivity index (χ2n) is 3.27. The topological polar surface area (TPSA) is 94.0 Å². The molecule has 1 rings (SSSR count). The molecule has 0 aliphatic heterocycles. The summed E-state index contributed by atoms with van der Waals surface area (Å²) in [5.74, 6) is 0.131. The van der Waals surface area contributed by atoms with Gasteiger partial charge in [-0.15, -0.1) is 0 Å². The number of rotatable bonds is 3. The van der Waals surface area contributed by atoms with E-state index in [2.05, 4.69) is 26.2 Å². The minimum absolute atomic E-state index is 0.432. The summed E-state index contributed by atoms with van der Waals surface area (Å²) < 4.78 is 0.746. The van der Waals surface area contributed by atoms with Crippen LogP contribution in [-0.2, 0) is 4.79 Å². The first-order chi connectivity index (χ1) is 6.93. The fraction of sp³-hybridized carbons (Fsp3) is 0.333. The lowest BCUT2D eigenvalue weighted by atomic mass is 10.2. The largest absolute Gasteiger partial charge is 0.397 e. The van der Waals surface area contributed by atoms with E-state index in [4.69, 9.17) is 11.5 Å². The summed E-state index contributed by atoms with van der Waals surface area (Å²) in [6, 6.07) is -0.475. The van der Waals surface area contributed by atoms with Crippen molar-refractivity contribution in [1.29, 1.82) is 0 Å². The van der Waals surface area contributed by atoms with Gasteiger partial charge in [-0.25, -0.2) is 4.98 Å². The standard InChI is InChI=1S/C9H13BrN4O/c1-4-6(11)3-13-9(7(4)10)14-5(2)8(12)15/h3,5H,11H2,1-2H3,(H2,12,15)(H,13,14). The number of aromatic nitrogens is 1. The van der Waals surface area contributed by atoms with E-state index in [0.29, 0.717) is 11.5 Å². The average molecular weight is 273 g/mol. The zero-order valence-electron chi connectivity index (χ0n) is 8.54. The van der Waals surface area contributed by atoms with Crippen LogP contribution in [0.3, 0.4) is 0 Å². The Morgan fingerprint density at radius 3 is 2.80 bits per heavy atom. The number of nitrogens with two attached hydrogens (primary N) is 2. The minimum atomic E-state index is -0.475. The smallest absolute Gasteiger partial charge is 0.239 e. The number of carbonyl (C=O) groups excluding carboxylic acids is 1. The highest BCUT2D eigenvalue weighted by Gasteiger charge is 2.13. The van der Waals surface area contributed by atoms with Gasteiger partial charge in [0.15, 0.2) is 0 Å². The van der Waals surface area contributed by atoms with Crippen LogP contribution in [0.2, 0.25) is 0 Å². The van der Waals surface area contributed by atoms with Crippen molar-refractivity contribution >= 4 is 33.3 Å². The number of nitrogens with zero attached hydrogens (tertiary/aromatic N) is 1. The second kappa shape index (κ2) is 4.48. The fourth-order valence-corrected chi connectivity index (χ4v) is 1.41. The molecule has 0 saturated heterocycles. The van der Waals surface area contributed by atoms with E-state index in [-0.39, 0.29) is 0 Å². The van der Waals surface area contributed by atoms with Crippen LogP contribution in [0.15, 0.2) is 10.7 Å². The van der Waals surface area contributed by atoms with Crippen LogP contribution in [0.5, 0.6) is 0 Å². The molecule has 15 heavy (non-hydrogen) atoms. The molecule has 0 bridgehead atoms. The van der Waals surface area contributed by atoms with Gasteiger partial charge in [-0.1, -0.05) is 0 Å². The lowest BCUT2D eigenvalue weighted by Gasteiger charge is -2.14. The quantitative estimate of drug-likeness (QED) is 0.766. The average Bonchev–Trinajstić information content (AvgIpc) is 2.18. The summed E-state index contributed by atoms with van der Waals surface area (Å²) in [5.41, 5.74) is 12.3. The molecule has 6 heteroatoms. The Morgan fingerprint density at radius 1 is 1.67 bits per heavy atom. The number of hydrogen-bond acceptors (Lipinski definition) is 4. The number of pyridine rings is 1. The fourth-order valence-electron chi connectivity index (χ4n) is 0.969. The van der Waals surface area contributed by atoms with Crippen LogP contribution in [-0.4, -0.2) is 16.9 Å². The van der Waals surface area contributed by atoms with Gasteiger partial charge in [0.25, 0.3) is 0 Å². The Labute approximate surface area is 96.4 Å². The summed E-state index contributed by atoms with van der Waals surface area (Å²) in [4.78, 5) is 14.9. The maximum atomic E-state index is 10.9. The van der Waals surface area contributed by atoms with Gasteiger partial charge in [0.1, 0.15) is 11.9 Å². The van der Waals surface area contributed by atoms with Gasteiger partial charge in [0.05, 0.1) is 16.4 Å². The molecule has 82 valence electrons. The van der Waals surface area contributed by atoms with E-state index < -0.39 is 11.9 Å². The number of anilines is 2. The Balaban J connectivity index is 2.97.